The fourth-order valence-electron chi connectivity index (χ4n) is 2.24. The van der Waals surface area contributed by atoms with Crippen LogP contribution in [0.15, 0.2) is 29.6 Å². The van der Waals surface area contributed by atoms with Gasteiger partial charge in [-0.2, -0.15) is 0 Å². The minimum atomic E-state index is -0.690. The maximum absolute atomic E-state index is 11.8. The Morgan fingerprint density at radius 2 is 1.78 bits per heavy atom. The third kappa shape index (κ3) is 7.45. The number of anilines is 1. The van der Waals surface area contributed by atoms with E-state index in [9.17, 15) is 14.4 Å². The van der Waals surface area contributed by atoms with Crippen molar-refractivity contribution in [1.29, 1.82) is 0 Å². The Kier molecular flexibility index (Phi) is 7.75. The molecule has 0 bridgehead atoms. The average Bonchev–Trinajstić information content (AvgIpc) is 3.06. The highest BCUT2D eigenvalue weighted by atomic mass is 32.1. The minimum absolute atomic E-state index is 0.131. The predicted octanol–water partition coefficient (Wildman–Crippen LogP) is 2.21. The zero-order valence-corrected chi connectivity index (χ0v) is 16.0. The lowest BCUT2D eigenvalue weighted by molar-refractivity contribution is -0.121. The Morgan fingerprint density at radius 3 is 2.44 bits per heavy atom. The number of benzene rings is 1. The lowest BCUT2D eigenvalue weighted by Crippen LogP contribution is -2.42. The monoisotopic (exact) mass is 390 g/mol. The molecule has 9 heteroatoms. The minimum Gasteiger partial charge on any atom is -0.449 e. The second kappa shape index (κ2) is 10.3. The number of carbonyl (C=O) groups excluding carboxylic acids is 3. The van der Waals surface area contributed by atoms with Gasteiger partial charge in [0.1, 0.15) is 0 Å². The summed E-state index contributed by atoms with van der Waals surface area (Å²) in [6, 6.07) is 7.68. The number of aryl methyl sites for hydroxylation is 2. The molecule has 0 atom stereocenters. The van der Waals surface area contributed by atoms with E-state index in [1.165, 1.54) is 18.3 Å². The predicted molar refractivity (Wildman–Crippen MR) is 102 cm³/mol. The number of amides is 3. The van der Waals surface area contributed by atoms with Crippen molar-refractivity contribution in [3.8, 4) is 0 Å². The standard InChI is InChI=1S/C18H22N4O4S/c1-3-26-18(25)22-21-16(24)10-14-6-4-13(5-7-14)8-9-15-11-27-17(20-15)19-12(2)23/h4-7,11H,3,8-10H2,1-2H3,(H,21,24)(H,22,25)(H,19,20,23). The number of hydrogen-bond donors (Lipinski definition) is 3. The van der Waals surface area contributed by atoms with E-state index in [1.54, 1.807) is 6.92 Å². The van der Waals surface area contributed by atoms with Gasteiger partial charge in [-0.25, -0.2) is 15.2 Å². The molecule has 0 aliphatic rings. The molecule has 1 aromatic heterocycles. The summed E-state index contributed by atoms with van der Waals surface area (Å²) in [5.74, 6) is -0.461. The summed E-state index contributed by atoms with van der Waals surface area (Å²) < 4.78 is 4.65. The summed E-state index contributed by atoms with van der Waals surface area (Å²) in [4.78, 5) is 38.3. The summed E-state index contributed by atoms with van der Waals surface area (Å²) in [7, 11) is 0. The molecule has 0 aliphatic heterocycles. The molecule has 2 rings (SSSR count). The van der Waals surface area contributed by atoms with Crippen LogP contribution >= 0.6 is 11.3 Å². The Bertz CT molecular complexity index is 789. The highest BCUT2D eigenvalue weighted by Crippen LogP contribution is 2.17. The van der Waals surface area contributed by atoms with Crippen LogP contribution in [0.2, 0.25) is 0 Å². The second-order valence-electron chi connectivity index (χ2n) is 5.71. The molecule has 1 heterocycles. The van der Waals surface area contributed by atoms with Crippen LogP contribution in [0.25, 0.3) is 0 Å². The number of nitrogens with zero attached hydrogens (tertiary/aromatic N) is 1. The number of carbonyl (C=O) groups is 3. The molecule has 0 saturated heterocycles. The fraction of sp³-hybridized carbons (Fsp3) is 0.333. The molecule has 1 aromatic carbocycles. The van der Waals surface area contributed by atoms with Crippen molar-refractivity contribution in [2.45, 2.75) is 33.1 Å². The first-order valence-corrected chi connectivity index (χ1v) is 9.35. The van der Waals surface area contributed by atoms with E-state index in [1.807, 2.05) is 29.6 Å². The van der Waals surface area contributed by atoms with E-state index in [2.05, 4.69) is 25.9 Å². The molecule has 8 nitrogen and oxygen atoms in total. The third-order valence-electron chi connectivity index (χ3n) is 3.47. The van der Waals surface area contributed by atoms with Crippen LogP contribution in [0.1, 0.15) is 30.7 Å². The molecule has 3 amide bonds. The zero-order valence-electron chi connectivity index (χ0n) is 15.2. The van der Waals surface area contributed by atoms with E-state index in [-0.39, 0.29) is 24.8 Å². The molecule has 0 radical (unpaired) electrons. The third-order valence-corrected chi connectivity index (χ3v) is 4.28. The summed E-state index contributed by atoms with van der Waals surface area (Å²) >= 11 is 1.41. The highest BCUT2D eigenvalue weighted by molar-refractivity contribution is 7.13. The van der Waals surface area contributed by atoms with Crippen molar-refractivity contribution in [2.24, 2.45) is 0 Å². The van der Waals surface area contributed by atoms with Gasteiger partial charge in [0.25, 0.3) is 0 Å². The summed E-state index contributed by atoms with van der Waals surface area (Å²) in [5, 5.41) is 5.21. The van der Waals surface area contributed by atoms with Gasteiger partial charge < -0.3 is 10.1 Å². The van der Waals surface area contributed by atoms with E-state index in [0.29, 0.717) is 5.13 Å². The molecule has 0 unspecified atom stereocenters. The molecule has 144 valence electrons. The summed E-state index contributed by atoms with van der Waals surface area (Å²) in [6.45, 7) is 3.37. The van der Waals surface area contributed by atoms with E-state index < -0.39 is 6.09 Å². The van der Waals surface area contributed by atoms with Crippen molar-refractivity contribution in [1.82, 2.24) is 15.8 Å². The maximum atomic E-state index is 11.8. The lowest BCUT2D eigenvalue weighted by Gasteiger charge is -2.07. The van der Waals surface area contributed by atoms with Crippen LogP contribution in [0, 0.1) is 0 Å². The highest BCUT2D eigenvalue weighted by Gasteiger charge is 2.07. The van der Waals surface area contributed by atoms with Gasteiger partial charge in [-0.3, -0.25) is 15.0 Å². The number of hydrogen-bond acceptors (Lipinski definition) is 6. The van der Waals surface area contributed by atoms with Crippen molar-refractivity contribution in [2.75, 3.05) is 11.9 Å². The molecule has 27 heavy (non-hydrogen) atoms. The van der Waals surface area contributed by atoms with E-state index >= 15 is 0 Å². The van der Waals surface area contributed by atoms with Gasteiger partial charge in [0, 0.05) is 12.3 Å². The largest absolute Gasteiger partial charge is 0.449 e. The van der Waals surface area contributed by atoms with Crippen LogP contribution in [0.5, 0.6) is 0 Å². The smallest absolute Gasteiger partial charge is 0.426 e. The van der Waals surface area contributed by atoms with Gasteiger partial charge >= 0.3 is 6.09 Å². The van der Waals surface area contributed by atoms with Gasteiger partial charge in [0.2, 0.25) is 11.8 Å². The molecule has 2 aromatic rings. The Balaban J connectivity index is 1.77. The van der Waals surface area contributed by atoms with Gasteiger partial charge in [-0.05, 0) is 30.9 Å². The van der Waals surface area contributed by atoms with Crippen LogP contribution in [-0.2, 0) is 33.6 Å². The molecule has 0 saturated carbocycles. The first-order valence-electron chi connectivity index (χ1n) is 8.47. The van der Waals surface area contributed by atoms with Gasteiger partial charge in [0.15, 0.2) is 5.13 Å². The second-order valence-corrected chi connectivity index (χ2v) is 6.57. The zero-order chi connectivity index (χ0) is 19.6. The number of ether oxygens (including phenoxy) is 1. The Hall–Kier alpha value is -2.94. The van der Waals surface area contributed by atoms with Crippen molar-refractivity contribution in [3.05, 3.63) is 46.5 Å². The maximum Gasteiger partial charge on any atom is 0.426 e. The summed E-state index contributed by atoms with van der Waals surface area (Å²) in [6.07, 6.45) is 1.03. The van der Waals surface area contributed by atoms with Gasteiger partial charge in [-0.15, -0.1) is 11.3 Å². The normalized spacial score (nSPS) is 10.1. The molecule has 3 N–H and O–H groups in total. The number of aromatic nitrogens is 1. The van der Waals surface area contributed by atoms with Crippen LogP contribution < -0.4 is 16.2 Å². The summed E-state index contributed by atoms with van der Waals surface area (Å²) in [5.41, 5.74) is 7.35. The number of hydrazine groups is 1. The number of nitrogens with one attached hydrogen (secondary N) is 3. The number of thiazole rings is 1. The Morgan fingerprint density at radius 1 is 1.07 bits per heavy atom. The molecule has 0 spiro atoms. The van der Waals surface area contributed by atoms with Crippen molar-refractivity contribution >= 4 is 34.4 Å². The van der Waals surface area contributed by atoms with Crippen LogP contribution in [-0.4, -0.2) is 29.5 Å². The topological polar surface area (TPSA) is 109 Å². The van der Waals surface area contributed by atoms with E-state index in [4.69, 9.17) is 0 Å². The SMILES string of the molecule is CCOC(=O)NNC(=O)Cc1ccc(CCc2csc(NC(C)=O)n2)cc1. The fourth-order valence-corrected chi connectivity index (χ4v) is 3.03. The Labute approximate surface area is 161 Å². The average molecular weight is 390 g/mol. The molecule has 0 aliphatic carbocycles. The van der Waals surface area contributed by atoms with Gasteiger partial charge in [0.05, 0.1) is 18.7 Å². The number of rotatable bonds is 7. The first kappa shape index (κ1) is 20.4. The quantitative estimate of drug-likeness (QED) is 0.628. The lowest BCUT2D eigenvalue weighted by atomic mass is 10.0. The molecular weight excluding hydrogens is 368 g/mol. The van der Waals surface area contributed by atoms with Crippen LogP contribution in [0.3, 0.4) is 0 Å². The first-order chi connectivity index (χ1) is 13.0. The van der Waals surface area contributed by atoms with Crippen molar-refractivity contribution in [3.63, 3.8) is 0 Å². The van der Waals surface area contributed by atoms with Gasteiger partial charge in [-0.1, -0.05) is 24.3 Å². The molecule has 0 fully saturated rings. The van der Waals surface area contributed by atoms with Crippen molar-refractivity contribution < 1.29 is 19.1 Å². The van der Waals surface area contributed by atoms with E-state index in [0.717, 1.165) is 29.7 Å². The van der Waals surface area contributed by atoms with Crippen LogP contribution in [0.4, 0.5) is 9.93 Å². The molecular formula is C18H22N4O4S.